The number of anilines is 2. The number of hydrogen-bond acceptors (Lipinski definition) is 7. The molecule has 10 nitrogen and oxygen atoms in total. The van der Waals surface area contributed by atoms with E-state index in [1.165, 1.54) is 0 Å². The summed E-state index contributed by atoms with van der Waals surface area (Å²) in [5.74, 6) is 2.49. The predicted molar refractivity (Wildman–Crippen MR) is 227 cm³/mol. The third kappa shape index (κ3) is 8.62. The maximum Gasteiger partial charge on any atom is 0.264 e. The maximum atomic E-state index is 14.0. The van der Waals surface area contributed by atoms with E-state index in [0.717, 1.165) is 28.1 Å². The summed E-state index contributed by atoms with van der Waals surface area (Å²) in [4.78, 5) is 44.5. The molecule has 0 aliphatic carbocycles. The van der Waals surface area contributed by atoms with Crippen molar-refractivity contribution in [3.05, 3.63) is 173 Å². The number of nitrogens with one attached hydrogen (secondary N) is 1. The Hall–Kier alpha value is -7.07. The van der Waals surface area contributed by atoms with E-state index in [-0.39, 0.29) is 29.7 Å². The van der Waals surface area contributed by atoms with Gasteiger partial charge in [0.25, 0.3) is 17.7 Å². The van der Waals surface area contributed by atoms with Gasteiger partial charge in [-0.1, -0.05) is 66.7 Å². The van der Waals surface area contributed by atoms with E-state index in [4.69, 9.17) is 18.9 Å². The number of aryl methyl sites for hydroxylation is 1. The lowest BCUT2D eigenvalue weighted by Gasteiger charge is -2.40. The molecule has 0 atom stereocenters. The summed E-state index contributed by atoms with van der Waals surface area (Å²) in [5, 5.41) is 2.90. The number of ether oxygens (including phenoxy) is 4. The Kier molecular flexibility index (Phi) is 11.3. The van der Waals surface area contributed by atoms with E-state index < -0.39 is 0 Å². The number of piperidine rings is 1. The Morgan fingerprint density at radius 2 is 1.34 bits per heavy atom. The highest BCUT2D eigenvalue weighted by Gasteiger charge is 2.47. The number of likely N-dealkylation sites (tertiary alicyclic amines) is 1. The van der Waals surface area contributed by atoms with Crippen LogP contribution in [-0.4, -0.2) is 56.0 Å². The van der Waals surface area contributed by atoms with Crippen LogP contribution in [0.4, 0.5) is 11.4 Å². The molecule has 2 aliphatic rings. The van der Waals surface area contributed by atoms with Crippen molar-refractivity contribution in [2.45, 2.75) is 31.8 Å². The number of carbonyl (C=O) groups excluding carboxylic acids is 3. The molecule has 0 unspecified atom stereocenters. The fourth-order valence-electron chi connectivity index (χ4n) is 7.85. The second-order valence-corrected chi connectivity index (χ2v) is 14.9. The van der Waals surface area contributed by atoms with Crippen molar-refractivity contribution < 1.29 is 33.3 Å². The molecule has 1 spiro atoms. The third-order valence-electron chi connectivity index (χ3n) is 11.1. The van der Waals surface area contributed by atoms with Crippen LogP contribution in [-0.2, 0) is 16.8 Å². The second-order valence-electron chi connectivity index (χ2n) is 14.9. The largest absolute Gasteiger partial charge is 0.493 e. The third-order valence-corrected chi connectivity index (χ3v) is 11.1. The molecule has 0 aromatic heterocycles. The van der Waals surface area contributed by atoms with Crippen molar-refractivity contribution in [3.8, 4) is 28.7 Å². The smallest absolute Gasteiger partial charge is 0.264 e. The number of hydrogen-bond donors (Lipinski definition) is 1. The Labute approximate surface area is 343 Å². The van der Waals surface area contributed by atoms with Crippen LogP contribution < -0.4 is 29.2 Å². The van der Waals surface area contributed by atoms with Crippen molar-refractivity contribution in [1.82, 2.24) is 4.90 Å². The molecule has 298 valence electrons. The van der Waals surface area contributed by atoms with Crippen LogP contribution in [0, 0.1) is 6.92 Å². The minimum absolute atomic E-state index is 0.0519. The van der Waals surface area contributed by atoms with Gasteiger partial charge in [0.1, 0.15) is 23.9 Å². The summed E-state index contributed by atoms with van der Waals surface area (Å²) in [6, 6.07) is 44.9. The summed E-state index contributed by atoms with van der Waals surface area (Å²) >= 11 is 0. The lowest BCUT2D eigenvalue weighted by atomic mass is 9.74. The second kappa shape index (κ2) is 17.2. The fraction of sp³-hybridized carbons (Fsp3) is 0.204. The van der Waals surface area contributed by atoms with Crippen LogP contribution in [0.15, 0.2) is 146 Å². The first-order valence-corrected chi connectivity index (χ1v) is 19.7. The molecule has 59 heavy (non-hydrogen) atoms. The van der Waals surface area contributed by atoms with Gasteiger partial charge in [0.05, 0.1) is 7.11 Å². The van der Waals surface area contributed by atoms with Gasteiger partial charge in [0.15, 0.2) is 18.1 Å². The highest BCUT2D eigenvalue weighted by Crippen LogP contribution is 2.47. The van der Waals surface area contributed by atoms with Crippen molar-refractivity contribution in [3.63, 3.8) is 0 Å². The van der Waals surface area contributed by atoms with Crippen molar-refractivity contribution in [1.29, 1.82) is 0 Å². The molecular formula is C49H45N3O7. The molecular weight excluding hydrogens is 743 g/mol. The number of fused-ring (bicyclic) bond motifs is 2. The summed E-state index contributed by atoms with van der Waals surface area (Å²) in [6.07, 6.45) is 1.42. The zero-order chi connectivity index (χ0) is 40.8. The average molecular weight is 788 g/mol. The van der Waals surface area contributed by atoms with Gasteiger partial charge in [0.2, 0.25) is 0 Å². The van der Waals surface area contributed by atoms with Crippen LogP contribution in [0.25, 0.3) is 0 Å². The van der Waals surface area contributed by atoms with E-state index in [1.54, 1.807) is 61.7 Å². The number of carbonyl (C=O) groups is 3. The number of para-hydroxylation sites is 2. The summed E-state index contributed by atoms with van der Waals surface area (Å²) < 4.78 is 23.5. The first-order valence-electron chi connectivity index (χ1n) is 19.7. The Morgan fingerprint density at radius 1 is 0.695 bits per heavy atom. The zero-order valence-electron chi connectivity index (χ0n) is 33.1. The molecule has 10 heteroatoms. The van der Waals surface area contributed by atoms with Crippen LogP contribution >= 0.6 is 0 Å². The van der Waals surface area contributed by atoms with Crippen LogP contribution in [0.3, 0.4) is 0 Å². The predicted octanol–water partition coefficient (Wildman–Crippen LogP) is 9.23. The molecule has 8 rings (SSSR count). The molecule has 0 saturated carbocycles. The van der Waals surface area contributed by atoms with Gasteiger partial charge in [0, 0.05) is 47.6 Å². The molecule has 0 radical (unpaired) electrons. The standard InChI is InChI=1S/C49H45N3O7/c1-34-29-44(56-2)45(58-31-35-11-5-3-6-12-35)30-41(34)48(55)51-27-25-49(26-28-51)33-52(43-16-10-9-15-42(43)49)46(53)32-57-38-21-17-36(18-22-38)47(54)50-37-19-23-40(24-20-37)59-39-13-7-4-8-14-39/h3-24,29-30H,25-28,31-33H2,1-2H3,(H,50,54). The van der Waals surface area contributed by atoms with E-state index in [0.29, 0.717) is 78.9 Å². The van der Waals surface area contributed by atoms with Crippen molar-refractivity contribution >= 4 is 29.1 Å². The average Bonchev–Trinajstić information content (AvgIpc) is 3.59. The Morgan fingerprint density at radius 3 is 2.05 bits per heavy atom. The van der Waals surface area contributed by atoms with Gasteiger partial charge in [-0.2, -0.15) is 0 Å². The minimum Gasteiger partial charge on any atom is -0.493 e. The van der Waals surface area contributed by atoms with Crippen molar-refractivity contribution in [2.75, 3.05) is 43.6 Å². The SMILES string of the molecule is COc1cc(C)c(C(=O)N2CCC3(CC2)CN(C(=O)COc2ccc(C(=O)Nc4ccc(Oc5ccccc5)cc4)cc2)c2ccccc23)cc1OCc1ccccc1. The highest BCUT2D eigenvalue weighted by molar-refractivity contribution is 6.04. The van der Waals surface area contributed by atoms with E-state index >= 15 is 0 Å². The van der Waals surface area contributed by atoms with E-state index in [2.05, 4.69) is 11.4 Å². The molecule has 2 aliphatic heterocycles. The molecule has 0 bridgehead atoms. The number of rotatable bonds is 12. The van der Waals surface area contributed by atoms with Crippen LogP contribution in [0.2, 0.25) is 0 Å². The lowest BCUT2D eigenvalue weighted by Crippen LogP contribution is -2.48. The lowest BCUT2D eigenvalue weighted by molar-refractivity contribution is -0.120. The summed E-state index contributed by atoms with van der Waals surface area (Å²) in [7, 11) is 1.60. The van der Waals surface area contributed by atoms with Gasteiger partial charge >= 0.3 is 0 Å². The number of nitrogens with zero attached hydrogens (tertiary/aromatic N) is 2. The maximum absolute atomic E-state index is 14.0. The van der Waals surface area contributed by atoms with Gasteiger partial charge in [-0.25, -0.2) is 0 Å². The molecule has 1 N–H and O–H groups in total. The fourth-order valence-corrected chi connectivity index (χ4v) is 7.85. The molecule has 2 heterocycles. The minimum atomic E-state index is -0.286. The first-order chi connectivity index (χ1) is 28.8. The molecule has 6 aromatic rings. The highest BCUT2D eigenvalue weighted by atomic mass is 16.5. The van der Waals surface area contributed by atoms with Crippen LogP contribution in [0.5, 0.6) is 28.7 Å². The zero-order valence-corrected chi connectivity index (χ0v) is 33.1. The topological polar surface area (TPSA) is 107 Å². The van der Waals surface area contributed by atoms with E-state index in [1.807, 2.05) is 102 Å². The summed E-state index contributed by atoms with van der Waals surface area (Å²) in [6.45, 7) is 3.71. The quantitative estimate of drug-likeness (QED) is 0.132. The summed E-state index contributed by atoms with van der Waals surface area (Å²) in [5.41, 5.74) is 5.21. The van der Waals surface area contributed by atoms with Crippen molar-refractivity contribution in [2.24, 2.45) is 0 Å². The molecule has 3 amide bonds. The van der Waals surface area contributed by atoms with E-state index in [9.17, 15) is 14.4 Å². The number of methoxy groups -OCH3 is 1. The van der Waals surface area contributed by atoms with Gasteiger partial charge in [-0.3, -0.25) is 14.4 Å². The monoisotopic (exact) mass is 787 g/mol. The molecule has 1 fully saturated rings. The number of amides is 3. The van der Waals surface area contributed by atoms with Gasteiger partial charge < -0.3 is 34.1 Å². The number of benzene rings is 6. The molecule has 1 saturated heterocycles. The Balaban J connectivity index is 0.863. The molecule has 6 aromatic carbocycles. The van der Waals surface area contributed by atoms with Gasteiger partial charge in [-0.05, 0) is 115 Å². The Bertz CT molecular complexity index is 2430. The van der Waals surface area contributed by atoms with Crippen LogP contribution in [0.1, 0.15) is 50.2 Å². The first kappa shape index (κ1) is 38.8. The normalized spacial score (nSPS) is 14.0. The van der Waals surface area contributed by atoms with Gasteiger partial charge in [-0.15, -0.1) is 0 Å².